The van der Waals surface area contributed by atoms with Gasteiger partial charge in [-0.05, 0) is 108 Å². The van der Waals surface area contributed by atoms with Crippen LogP contribution in [-0.4, -0.2) is 98.3 Å². The van der Waals surface area contributed by atoms with Crippen LogP contribution in [0, 0.1) is 5.92 Å². The van der Waals surface area contributed by atoms with Crippen molar-refractivity contribution in [2.45, 2.75) is 85.0 Å². The molecule has 6 rings (SSSR count). The maximum absolute atomic E-state index is 13.5. The van der Waals surface area contributed by atoms with Gasteiger partial charge in [-0.1, -0.05) is 26.8 Å². The molecule has 3 aromatic rings. The van der Waals surface area contributed by atoms with Gasteiger partial charge >= 0.3 is 6.09 Å². The monoisotopic (exact) mass is 746 g/mol. The van der Waals surface area contributed by atoms with Crippen LogP contribution >= 0.6 is 0 Å². The number of hydrogen-bond donors (Lipinski definition) is 3. The van der Waals surface area contributed by atoms with E-state index in [1.54, 1.807) is 4.90 Å². The van der Waals surface area contributed by atoms with Gasteiger partial charge in [0.1, 0.15) is 30.9 Å². The quantitative estimate of drug-likeness (QED) is 0.170. The summed E-state index contributed by atoms with van der Waals surface area (Å²) < 4.78 is 13.4. The van der Waals surface area contributed by atoms with Crippen molar-refractivity contribution in [3.63, 3.8) is 0 Å². The molecule has 0 aliphatic carbocycles. The number of alkyl carbamates (subject to hydrolysis) is 1. The third-order valence-electron chi connectivity index (χ3n) is 9.70. The lowest BCUT2D eigenvalue weighted by molar-refractivity contribution is -0.139. The molecule has 3 aliphatic heterocycles. The Morgan fingerprint density at radius 2 is 1.69 bits per heavy atom. The normalized spacial score (nSPS) is 17.9. The highest BCUT2D eigenvalue weighted by molar-refractivity contribution is 6.00. The van der Waals surface area contributed by atoms with E-state index in [0.717, 1.165) is 45.5 Å². The minimum absolute atomic E-state index is 0.168. The second-order valence-corrected chi connectivity index (χ2v) is 13.8. The lowest BCUT2D eigenvalue weighted by Crippen LogP contribution is -2.54. The average molecular weight is 747 g/mol. The van der Waals surface area contributed by atoms with Crippen molar-refractivity contribution in [1.29, 1.82) is 0 Å². The van der Waals surface area contributed by atoms with Crippen LogP contribution in [0.2, 0.25) is 0 Å². The zero-order valence-electron chi connectivity index (χ0n) is 33.1. The number of benzene rings is 2. The van der Waals surface area contributed by atoms with Gasteiger partial charge in [0.25, 0.3) is 0 Å². The Labute approximate surface area is 319 Å². The molecule has 3 unspecified atom stereocenters. The SMILES string of the molecule is C/C=C(\C)C1Oc2cc(NC)ccc2-c2cc3cc(NC(=O)C4CCCN4C(=O)C(NC(=O)OC)C(C)C)ccc3n21.C=O.CCC=O.CN1CCCC1. The second-order valence-electron chi connectivity index (χ2n) is 13.8. The number of rotatable bonds is 8. The molecule has 2 saturated heterocycles. The van der Waals surface area contributed by atoms with E-state index in [1.807, 2.05) is 71.9 Å². The molecule has 1 aromatic heterocycles. The molecule has 0 bridgehead atoms. The van der Waals surface area contributed by atoms with Crippen LogP contribution in [0.1, 0.15) is 73.0 Å². The number of allylic oxidation sites excluding steroid dienone is 1. The van der Waals surface area contributed by atoms with E-state index in [1.165, 1.54) is 33.0 Å². The highest BCUT2D eigenvalue weighted by atomic mass is 16.5. The van der Waals surface area contributed by atoms with Crippen LogP contribution < -0.4 is 20.7 Å². The largest absolute Gasteiger partial charge is 0.465 e. The first-order valence-corrected chi connectivity index (χ1v) is 18.6. The van der Waals surface area contributed by atoms with Crippen LogP contribution in [0.15, 0.2) is 54.1 Å². The Morgan fingerprint density at radius 1 is 1.02 bits per heavy atom. The van der Waals surface area contributed by atoms with Crippen molar-refractivity contribution >= 4 is 53.3 Å². The van der Waals surface area contributed by atoms with Crippen molar-refractivity contribution in [1.82, 2.24) is 19.7 Å². The number of nitrogens with zero attached hydrogens (tertiary/aromatic N) is 3. The summed E-state index contributed by atoms with van der Waals surface area (Å²) in [6.45, 7) is 14.7. The number of methoxy groups -OCH3 is 1. The van der Waals surface area contributed by atoms with E-state index in [4.69, 9.17) is 14.3 Å². The van der Waals surface area contributed by atoms with Crippen molar-refractivity contribution < 1.29 is 33.4 Å². The number of aromatic nitrogens is 1. The summed E-state index contributed by atoms with van der Waals surface area (Å²) in [5, 5.41) is 9.80. The number of ether oxygens (including phenoxy) is 2. The first-order chi connectivity index (χ1) is 26.0. The van der Waals surface area contributed by atoms with Crippen LogP contribution in [0.5, 0.6) is 5.75 Å². The van der Waals surface area contributed by atoms with Gasteiger partial charge < -0.3 is 49.4 Å². The summed E-state index contributed by atoms with van der Waals surface area (Å²) in [7, 11) is 5.32. The fraction of sp³-hybridized carbons (Fsp3) is 0.488. The van der Waals surface area contributed by atoms with Gasteiger partial charge in [0, 0.05) is 48.4 Å². The second kappa shape index (κ2) is 20.9. The lowest BCUT2D eigenvalue weighted by atomic mass is 10.0. The van der Waals surface area contributed by atoms with E-state index in [2.05, 4.69) is 57.6 Å². The first kappa shape index (κ1) is 43.2. The van der Waals surface area contributed by atoms with Gasteiger partial charge in [0.05, 0.1) is 18.3 Å². The molecular formula is C41H58N6O7. The van der Waals surface area contributed by atoms with Crippen molar-refractivity contribution in [3.8, 4) is 17.0 Å². The number of amides is 3. The molecule has 2 fully saturated rings. The Morgan fingerprint density at radius 3 is 2.24 bits per heavy atom. The number of nitrogens with one attached hydrogen (secondary N) is 3. The van der Waals surface area contributed by atoms with Gasteiger partial charge in [-0.25, -0.2) is 4.79 Å². The van der Waals surface area contributed by atoms with Gasteiger partial charge in [-0.15, -0.1) is 0 Å². The van der Waals surface area contributed by atoms with E-state index in [0.29, 0.717) is 31.5 Å². The smallest absolute Gasteiger partial charge is 0.407 e. The molecule has 13 heteroatoms. The maximum Gasteiger partial charge on any atom is 0.407 e. The molecular weight excluding hydrogens is 688 g/mol. The topological polar surface area (TPSA) is 151 Å². The number of aldehydes is 1. The number of likely N-dealkylation sites (tertiary alicyclic amines) is 2. The molecule has 3 amide bonds. The maximum atomic E-state index is 13.5. The summed E-state index contributed by atoms with van der Waals surface area (Å²) in [6, 6.07) is 12.6. The minimum atomic E-state index is -0.780. The summed E-state index contributed by atoms with van der Waals surface area (Å²) >= 11 is 0. The van der Waals surface area contributed by atoms with Crippen molar-refractivity contribution in [3.05, 3.63) is 54.1 Å². The van der Waals surface area contributed by atoms with Crippen LogP contribution in [0.25, 0.3) is 22.2 Å². The summed E-state index contributed by atoms with van der Waals surface area (Å²) in [5.74, 6) is 0.108. The predicted octanol–water partition coefficient (Wildman–Crippen LogP) is 6.64. The van der Waals surface area contributed by atoms with E-state index < -0.39 is 18.2 Å². The molecule has 54 heavy (non-hydrogen) atoms. The van der Waals surface area contributed by atoms with Gasteiger partial charge in [0.2, 0.25) is 11.8 Å². The van der Waals surface area contributed by atoms with Gasteiger partial charge in [-0.3, -0.25) is 9.59 Å². The van der Waals surface area contributed by atoms with Crippen LogP contribution in [-0.2, 0) is 23.9 Å². The zero-order chi connectivity index (χ0) is 39.9. The average Bonchev–Trinajstić information content (AvgIpc) is 3.97. The molecule has 4 heterocycles. The molecule has 0 saturated carbocycles. The Hall–Kier alpha value is -5.17. The van der Waals surface area contributed by atoms with E-state index in [9.17, 15) is 19.2 Å². The molecule has 0 radical (unpaired) electrons. The summed E-state index contributed by atoms with van der Waals surface area (Å²) in [5.41, 5.74) is 5.72. The van der Waals surface area contributed by atoms with Crippen molar-refractivity contribution in [2.24, 2.45) is 5.92 Å². The molecule has 3 aliphatic rings. The van der Waals surface area contributed by atoms with E-state index >= 15 is 0 Å². The third kappa shape index (κ3) is 10.5. The minimum Gasteiger partial charge on any atom is -0.465 e. The molecule has 3 atom stereocenters. The fourth-order valence-corrected chi connectivity index (χ4v) is 6.66. The predicted molar refractivity (Wildman–Crippen MR) is 214 cm³/mol. The number of carbonyl (C=O) groups excluding carboxylic acids is 5. The number of hydrogen-bond acceptors (Lipinski definition) is 9. The van der Waals surface area contributed by atoms with Gasteiger partial charge in [0.15, 0.2) is 6.23 Å². The Kier molecular flexibility index (Phi) is 16.7. The molecule has 13 nitrogen and oxygen atoms in total. The zero-order valence-corrected chi connectivity index (χ0v) is 33.1. The van der Waals surface area contributed by atoms with Crippen LogP contribution in [0.4, 0.5) is 16.2 Å². The molecule has 0 spiro atoms. The molecule has 3 N–H and O–H groups in total. The molecule has 2 aromatic carbocycles. The molecule has 294 valence electrons. The highest BCUT2D eigenvalue weighted by Gasteiger charge is 2.39. The Balaban J connectivity index is 0.000000565. The first-order valence-electron chi connectivity index (χ1n) is 18.6. The number of anilines is 2. The standard InChI is InChI=1S/C32H39N5O5.C5H11N.C3H6O.CH2O/c1-7-19(4)31-37-24-13-11-22(15-20(24)16-26(37)23-12-10-21(33-5)17-27(23)42-31)34-29(38)25-9-8-14-36(25)30(39)28(18(2)3)35-32(40)41-6;1-6-4-2-3-5-6;1-2-3-4;1-2/h7,10-13,15-18,25,28,31,33H,8-9,14H2,1-6H3,(H,34,38)(H,35,40);2-5H2,1H3;3H,2H2,1H3;1H2/b19-7+;;;. The van der Waals surface area contributed by atoms with Crippen LogP contribution in [0.3, 0.4) is 0 Å². The summed E-state index contributed by atoms with van der Waals surface area (Å²) in [4.78, 5) is 59.8. The number of fused-ring (bicyclic) bond motifs is 5. The van der Waals surface area contributed by atoms with E-state index in [-0.39, 0.29) is 24.0 Å². The third-order valence-corrected chi connectivity index (χ3v) is 9.70. The lowest BCUT2D eigenvalue weighted by Gasteiger charge is -2.31. The van der Waals surface area contributed by atoms with Crippen molar-refractivity contribution in [2.75, 3.05) is 51.5 Å². The van der Waals surface area contributed by atoms with Gasteiger partial charge in [-0.2, -0.15) is 0 Å². The summed E-state index contributed by atoms with van der Waals surface area (Å²) in [6.07, 6.45) is 6.68. The highest BCUT2D eigenvalue weighted by Crippen LogP contribution is 2.45. The Bertz CT molecular complexity index is 1760. The fourth-order valence-electron chi connectivity index (χ4n) is 6.66. The number of carbonyl (C=O) groups is 5.